The molecule has 0 heterocycles. The van der Waals surface area contributed by atoms with Gasteiger partial charge in [-0.1, -0.05) is 0 Å². The van der Waals surface area contributed by atoms with E-state index in [1.807, 2.05) is 11.8 Å². The predicted molar refractivity (Wildman–Crippen MR) is 117 cm³/mol. The molecule has 0 aromatic carbocycles. The van der Waals surface area contributed by atoms with Gasteiger partial charge in [-0.25, -0.2) is 0 Å². The first kappa shape index (κ1) is 20.6. The van der Waals surface area contributed by atoms with Gasteiger partial charge in [-0.05, 0) is 64.0 Å². The molecule has 3 fully saturated rings. The van der Waals surface area contributed by atoms with Crippen molar-refractivity contribution in [2.75, 3.05) is 32.4 Å². The van der Waals surface area contributed by atoms with E-state index in [1.54, 1.807) is 0 Å². The number of thioether (sulfide) groups is 1. The van der Waals surface area contributed by atoms with Crippen LogP contribution >= 0.6 is 35.7 Å². The van der Waals surface area contributed by atoms with Crippen LogP contribution in [0, 0.1) is 5.92 Å². The van der Waals surface area contributed by atoms with Gasteiger partial charge in [0.1, 0.15) is 0 Å². The minimum atomic E-state index is 0. The Hall–Kier alpha value is 0.310. The highest BCUT2D eigenvalue weighted by atomic mass is 127. The minimum Gasteiger partial charge on any atom is -0.357 e. The fourth-order valence-corrected chi connectivity index (χ4v) is 4.38. The van der Waals surface area contributed by atoms with Gasteiger partial charge in [0.25, 0.3) is 0 Å². The van der Waals surface area contributed by atoms with Crippen molar-refractivity contribution in [2.24, 2.45) is 10.9 Å². The van der Waals surface area contributed by atoms with Crippen molar-refractivity contribution in [1.82, 2.24) is 15.5 Å². The number of guanidine groups is 1. The maximum atomic E-state index is 4.85. The van der Waals surface area contributed by atoms with Crippen molar-refractivity contribution in [2.45, 2.75) is 69.2 Å². The van der Waals surface area contributed by atoms with Crippen LogP contribution in [0.4, 0.5) is 0 Å². The van der Waals surface area contributed by atoms with Crippen molar-refractivity contribution in [1.29, 1.82) is 0 Å². The summed E-state index contributed by atoms with van der Waals surface area (Å²) in [6.07, 6.45) is 11.9. The van der Waals surface area contributed by atoms with Gasteiger partial charge in [0.15, 0.2) is 5.96 Å². The third-order valence-electron chi connectivity index (χ3n) is 5.31. The van der Waals surface area contributed by atoms with Crippen LogP contribution in [0.1, 0.15) is 51.9 Å². The number of nitrogens with zero attached hydrogens (tertiary/aromatic N) is 2. The van der Waals surface area contributed by atoms with E-state index in [4.69, 9.17) is 4.99 Å². The van der Waals surface area contributed by atoms with E-state index in [0.717, 1.165) is 42.8 Å². The molecule has 0 bridgehead atoms. The molecule has 3 aliphatic carbocycles. The van der Waals surface area contributed by atoms with Crippen LogP contribution in [0.25, 0.3) is 0 Å². The second kappa shape index (κ2) is 10.5. The summed E-state index contributed by atoms with van der Waals surface area (Å²) in [5, 5.41) is 7.92. The quantitative estimate of drug-likeness (QED) is 0.311. The number of hydrogen-bond acceptors (Lipinski definition) is 3. The second-order valence-corrected chi connectivity index (χ2v) is 8.58. The van der Waals surface area contributed by atoms with E-state index < -0.39 is 0 Å². The molecular weight excluding hydrogens is 431 g/mol. The molecular formula is C18H35IN4S. The first-order chi connectivity index (χ1) is 11.3. The Morgan fingerprint density at radius 1 is 1.17 bits per heavy atom. The van der Waals surface area contributed by atoms with E-state index in [-0.39, 0.29) is 24.0 Å². The van der Waals surface area contributed by atoms with Gasteiger partial charge in [0.2, 0.25) is 0 Å². The Morgan fingerprint density at radius 3 is 2.54 bits per heavy atom. The molecule has 2 atom stereocenters. The zero-order chi connectivity index (χ0) is 16.1. The second-order valence-electron chi connectivity index (χ2n) is 7.44. The Balaban J connectivity index is 0.00000208. The molecule has 0 saturated heterocycles. The monoisotopic (exact) mass is 466 g/mol. The first-order valence-corrected chi connectivity index (χ1v) is 10.9. The number of halogens is 1. The Bertz CT molecular complexity index is 398. The van der Waals surface area contributed by atoms with Gasteiger partial charge in [-0.2, -0.15) is 11.8 Å². The van der Waals surface area contributed by atoms with Crippen LogP contribution in [-0.2, 0) is 0 Å². The topological polar surface area (TPSA) is 39.7 Å². The van der Waals surface area contributed by atoms with Crippen molar-refractivity contribution >= 4 is 41.7 Å². The van der Waals surface area contributed by atoms with Crippen molar-refractivity contribution in [3.8, 4) is 0 Å². The van der Waals surface area contributed by atoms with Gasteiger partial charge in [-0.15, -0.1) is 24.0 Å². The van der Waals surface area contributed by atoms with Crippen LogP contribution < -0.4 is 10.6 Å². The number of hydrogen-bond donors (Lipinski definition) is 2. The van der Waals surface area contributed by atoms with Crippen LogP contribution in [0.3, 0.4) is 0 Å². The smallest absolute Gasteiger partial charge is 0.191 e. The standard InChI is InChI=1S/C18H34N4S.HI/c1-3-19-18(21-15-6-9-17(12-15)23-2)20-10-11-22(16-7-8-16)13-14-4-5-14;/h14-17H,3-13H2,1-2H3,(H2,19,20,21);1H. The first-order valence-electron chi connectivity index (χ1n) is 9.60. The molecule has 3 saturated carbocycles. The van der Waals surface area contributed by atoms with Crippen molar-refractivity contribution < 1.29 is 0 Å². The Kier molecular flexibility index (Phi) is 8.98. The van der Waals surface area contributed by atoms with E-state index in [2.05, 4.69) is 28.7 Å². The van der Waals surface area contributed by atoms with Gasteiger partial charge in [0, 0.05) is 37.0 Å². The summed E-state index contributed by atoms with van der Waals surface area (Å²) in [4.78, 5) is 7.55. The molecule has 2 N–H and O–H groups in total. The van der Waals surface area contributed by atoms with Gasteiger partial charge >= 0.3 is 0 Å². The van der Waals surface area contributed by atoms with Crippen LogP contribution in [-0.4, -0.2) is 60.6 Å². The highest BCUT2D eigenvalue weighted by Gasteiger charge is 2.33. The molecule has 0 aromatic heterocycles. The summed E-state index contributed by atoms with van der Waals surface area (Å²) in [5.41, 5.74) is 0. The molecule has 3 aliphatic rings. The lowest BCUT2D eigenvalue weighted by Gasteiger charge is -2.21. The molecule has 6 heteroatoms. The van der Waals surface area contributed by atoms with Gasteiger partial charge in [0.05, 0.1) is 6.54 Å². The highest BCUT2D eigenvalue weighted by Crippen LogP contribution is 2.34. The molecule has 24 heavy (non-hydrogen) atoms. The molecule has 3 rings (SSSR count). The fourth-order valence-electron chi connectivity index (χ4n) is 3.58. The summed E-state index contributed by atoms with van der Waals surface area (Å²) in [5.74, 6) is 2.02. The fraction of sp³-hybridized carbons (Fsp3) is 0.944. The molecule has 0 amide bonds. The van der Waals surface area contributed by atoms with Crippen LogP contribution in [0.15, 0.2) is 4.99 Å². The number of rotatable bonds is 9. The summed E-state index contributed by atoms with van der Waals surface area (Å²) in [6, 6.07) is 1.48. The minimum absolute atomic E-state index is 0. The van der Waals surface area contributed by atoms with E-state index >= 15 is 0 Å². The lowest BCUT2D eigenvalue weighted by molar-refractivity contribution is 0.260. The summed E-state index contributed by atoms with van der Waals surface area (Å²) >= 11 is 2.01. The normalized spacial score (nSPS) is 27.2. The SMILES string of the molecule is CCNC(=NCCN(CC1CC1)C1CC1)NC1CCC(SC)C1.I. The zero-order valence-electron chi connectivity index (χ0n) is 15.3. The van der Waals surface area contributed by atoms with Crippen LogP contribution in [0.5, 0.6) is 0 Å². The Morgan fingerprint density at radius 2 is 1.96 bits per heavy atom. The van der Waals surface area contributed by atoms with E-state index in [9.17, 15) is 0 Å². The molecule has 0 aliphatic heterocycles. The molecule has 0 radical (unpaired) electrons. The average Bonchev–Trinajstić information content (AvgIpc) is 3.46. The third kappa shape index (κ3) is 6.90. The molecule has 0 spiro atoms. The third-order valence-corrected chi connectivity index (χ3v) is 6.41. The lowest BCUT2D eigenvalue weighted by Crippen LogP contribution is -2.43. The number of aliphatic imine (C=N–C) groups is 1. The van der Waals surface area contributed by atoms with Crippen LogP contribution in [0.2, 0.25) is 0 Å². The predicted octanol–water partition coefficient (Wildman–Crippen LogP) is 3.32. The number of nitrogens with one attached hydrogen (secondary N) is 2. The van der Waals surface area contributed by atoms with Crippen molar-refractivity contribution in [3.05, 3.63) is 0 Å². The molecule has 0 aromatic rings. The largest absolute Gasteiger partial charge is 0.357 e. The maximum Gasteiger partial charge on any atom is 0.191 e. The summed E-state index contributed by atoms with van der Waals surface area (Å²) < 4.78 is 0. The molecule has 4 nitrogen and oxygen atoms in total. The van der Waals surface area contributed by atoms with Crippen molar-refractivity contribution in [3.63, 3.8) is 0 Å². The lowest BCUT2D eigenvalue weighted by atomic mass is 10.2. The summed E-state index contributed by atoms with van der Waals surface area (Å²) in [6.45, 7) is 6.48. The zero-order valence-corrected chi connectivity index (χ0v) is 18.4. The van der Waals surface area contributed by atoms with Gasteiger partial charge < -0.3 is 10.6 Å². The van der Waals surface area contributed by atoms with E-state index in [1.165, 1.54) is 51.5 Å². The molecule has 140 valence electrons. The maximum absolute atomic E-state index is 4.85. The molecule has 2 unspecified atom stereocenters. The summed E-state index contributed by atoms with van der Waals surface area (Å²) in [7, 11) is 0. The van der Waals surface area contributed by atoms with Gasteiger partial charge in [-0.3, -0.25) is 9.89 Å². The van der Waals surface area contributed by atoms with E-state index in [0.29, 0.717) is 6.04 Å². The highest BCUT2D eigenvalue weighted by molar-refractivity contribution is 14.0. The average molecular weight is 466 g/mol. The Labute approximate surface area is 169 Å².